The van der Waals surface area contributed by atoms with Crippen molar-refractivity contribution in [3.8, 4) is 23.0 Å². The van der Waals surface area contributed by atoms with Crippen molar-refractivity contribution in [2.24, 2.45) is 0 Å². The summed E-state index contributed by atoms with van der Waals surface area (Å²) in [5.74, 6) is -0.563. The molecule has 14 heteroatoms. The Balaban J connectivity index is 1.31. The van der Waals surface area contributed by atoms with Gasteiger partial charge in [0, 0.05) is 25.4 Å². The molecule has 0 aromatic heterocycles. The van der Waals surface area contributed by atoms with E-state index in [1.54, 1.807) is 67.6 Å². The number of unbranched alkanes of at least 4 members (excludes halogenated alkanes) is 2. The van der Waals surface area contributed by atoms with E-state index in [4.69, 9.17) is 37.9 Å². The SMILES string of the molecule is C=CC(=O)OCC(O)COCCCCOc1ccc(C(=O)Oc2ccc(OC(=O)c3ccc(OCCCCOCC(O)COC(=O)C=C)cc3)c(C)c2)cc1. The van der Waals surface area contributed by atoms with Crippen molar-refractivity contribution in [1.82, 2.24) is 0 Å². The zero-order valence-corrected chi connectivity index (χ0v) is 30.9. The highest BCUT2D eigenvalue weighted by molar-refractivity contribution is 5.92. The summed E-state index contributed by atoms with van der Waals surface area (Å²) in [7, 11) is 0. The molecule has 0 aliphatic heterocycles. The Morgan fingerprint density at radius 2 is 1.00 bits per heavy atom. The van der Waals surface area contributed by atoms with E-state index in [2.05, 4.69) is 13.2 Å². The summed E-state index contributed by atoms with van der Waals surface area (Å²) in [5.41, 5.74) is 1.24. The average Bonchev–Trinajstić information content (AvgIpc) is 3.19. The minimum atomic E-state index is -0.910. The molecule has 0 radical (unpaired) electrons. The van der Waals surface area contributed by atoms with Crippen LogP contribution in [0.2, 0.25) is 0 Å². The minimum Gasteiger partial charge on any atom is -0.494 e. The first-order valence-electron chi connectivity index (χ1n) is 17.7. The molecular weight excluding hydrogens is 716 g/mol. The summed E-state index contributed by atoms with van der Waals surface area (Å²) in [5, 5.41) is 19.4. The number of esters is 4. The van der Waals surface area contributed by atoms with E-state index in [-0.39, 0.29) is 32.2 Å². The predicted molar refractivity (Wildman–Crippen MR) is 199 cm³/mol. The van der Waals surface area contributed by atoms with Gasteiger partial charge in [0.25, 0.3) is 0 Å². The summed E-state index contributed by atoms with van der Waals surface area (Å²) in [4.78, 5) is 47.6. The van der Waals surface area contributed by atoms with Crippen LogP contribution in [0.3, 0.4) is 0 Å². The maximum atomic E-state index is 12.8. The fourth-order valence-corrected chi connectivity index (χ4v) is 4.50. The van der Waals surface area contributed by atoms with Crippen LogP contribution in [-0.4, -0.2) is 99.2 Å². The highest BCUT2D eigenvalue weighted by Crippen LogP contribution is 2.26. The third-order valence-electron chi connectivity index (χ3n) is 7.43. The van der Waals surface area contributed by atoms with Gasteiger partial charge in [-0.1, -0.05) is 13.2 Å². The molecule has 0 saturated carbocycles. The van der Waals surface area contributed by atoms with Crippen molar-refractivity contribution in [3.63, 3.8) is 0 Å². The molecule has 0 spiro atoms. The Labute approximate surface area is 320 Å². The largest absolute Gasteiger partial charge is 0.494 e. The number of ether oxygens (including phenoxy) is 8. The van der Waals surface area contributed by atoms with Crippen LogP contribution in [0.5, 0.6) is 23.0 Å². The summed E-state index contributed by atoms with van der Waals surface area (Å²) < 4.78 is 42.8. The summed E-state index contributed by atoms with van der Waals surface area (Å²) >= 11 is 0. The van der Waals surface area contributed by atoms with Gasteiger partial charge in [-0.05, 0) is 105 Å². The van der Waals surface area contributed by atoms with Crippen LogP contribution in [0.25, 0.3) is 0 Å². The second-order valence-electron chi connectivity index (χ2n) is 12.0. The van der Waals surface area contributed by atoms with Gasteiger partial charge in [0.1, 0.15) is 48.4 Å². The number of rotatable bonds is 26. The first kappa shape index (κ1) is 43.9. The average molecular weight is 765 g/mol. The third-order valence-corrected chi connectivity index (χ3v) is 7.43. The number of aryl methyl sites for hydroxylation is 1. The van der Waals surface area contributed by atoms with Crippen LogP contribution < -0.4 is 18.9 Å². The van der Waals surface area contributed by atoms with Crippen molar-refractivity contribution in [1.29, 1.82) is 0 Å². The fraction of sp³-hybridized carbons (Fsp3) is 0.366. The highest BCUT2D eigenvalue weighted by Gasteiger charge is 2.14. The van der Waals surface area contributed by atoms with E-state index >= 15 is 0 Å². The maximum absolute atomic E-state index is 12.8. The molecular formula is C41H48O14. The van der Waals surface area contributed by atoms with E-state index in [1.807, 2.05) is 0 Å². The van der Waals surface area contributed by atoms with Gasteiger partial charge in [0.15, 0.2) is 0 Å². The van der Waals surface area contributed by atoms with Crippen molar-refractivity contribution in [2.45, 2.75) is 44.8 Å². The van der Waals surface area contributed by atoms with E-state index < -0.39 is 36.1 Å². The number of aliphatic hydroxyl groups excluding tert-OH is 2. The molecule has 3 aromatic carbocycles. The lowest BCUT2D eigenvalue weighted by molar-refractivity contribution is -0.142. The van der Waals surface area contributed by atoms with Crippen LogP contribution in [0.4, 0.5) is 0 Å². The highest BCUT2D eigenvalue weighted by atomic mass is 16.6. The molecule has 2 atom stereocenters. The quantitative estimate of drug-likeness (QED) is 0.0484. The summed E-state index contributed by atoms with van der Waals surface area (Å²) in [6.45, 7) is 9.74. The van der Waals surface area contributed by atoms with Crippen molar-refractivity contribution in [3.05, 3.63) is 109 Å². The van der Waals surface area contributed by atoms with Crippen LogP contribution in [0.1, 0.15) is 52.0 Å². The Morgan fingerprint density at radius 1 is 0.582 bits per heavy atom. The van der Waals surface area contributed by atoms with E-state index in [0.29, 0.717) is 86.0 Å². The van der Waals surface area contributed by atoms with Crippen molar-refractivity contribution < 1.29 is 67.3 Å². The summed E-state index contributed by atoms with van der Waals surface area (Å²) in [6.07, 6.45) is 3.02. The van der Waals surface area contributed by atoms with Crippen LogP contribution in [0, 0.1) is 6.92 Å². The fourth-order valence-electron chi connectivity index (χ4n) is 4.50. The molecule has 0 saturated heterocycles. The molecule has 55 heavy (non-hydrogen) atoms. The molecule has 0 heterocycles. The molecule has 0 bridgehead atoms. The lowest BCUT2D eigenvalue weighted by atomic mass is 10.2. The van der Waals surface area contributed by atoms with Gasteiger partial charge in [-0.2, -0.15) is 0 Å². The molecule has 14 nitrogen and oxygen atoms in total. The van der Waals surface area contributed by atoms with Gasteiger partial charge in [-0.3, -0.25) is 0 Å². The Hall–Kier alpha value is -5.54. The van der Waals surface area contributed by atoms with Gasteiger partial charge in [-0.25, -0.2) is 19.2 Å². The lowest BCUT2D eigenvalue weighted by Gasteiger charge is -2.12. The molecule has 2 unspecified atom stereocenters. The van der Waals surface area contributed by atoms with Gasteiger partial charge in [0.05, 0.1) is 37.6 Å². The lowest BCUT2D eigenvalue weighted by Crippen LogP contribution is -2.23. The number of carbonyl (C=O) groups excluding carboxylic acids is 4. The first-order chi connectivity index (χ1) is 26.6. The molecule has 3 rings (SSSR count). The standard InChI is InChI=1S/C41H48O14/c1-4-38(44)52-27-32(42)25-48-20-6-8-22-50-34-14-10-30(11-15-34)40(46)54-36-18-19-37(29(3)24-36)55-41(47)31-12-16-35(17-13-31)51-23-9-7-21-49-26-33(43)28-53-39(45)5-2/h4-5,10-19,24,32-33,42-43H,1-2,6-9,20-23,25-28H2,3H3. The van der Waals surface area contributed by atoms with Gasteiger partial charge >= 0.3 is 23.9 Å². The molecule has 3 aromatic rings. The zero-order chi connectivity index (χ0) is 39.8. The van der Waals surface area contributed by atoms with Crippen LogP contribution >= 0.6 is 0 Å². The van der Waals surface area contributed by atoms with Crippen molar-refractivity contribution in [2.75, 3.05) is 52.9 Å². The van der Waals surface area contributed by atoms with Crippen molar-refractivity contribution >= 4 is 23.9 Å². The monoisotopic (exact) mass is 764 g/mol. The molecule has 0 fully saturated rings. The second-order valence-corrected chi connectivity index (χ2v) is 12.0. The number of hydrogen-bond donors (Lipinski definition) is 2. The zero-order valence-electron chi connectivity index (χ0n) is 30.9. The van der Waals surface area contributed by atoms with E-state index in [9.17, 15) is 29.4 Å². The number of hydrogen-bond acceptors (Lipinski definition) is 14. The van der Waals surface area contributed by atoms with Crippen LogP contribution in [-0.2, 0) is 28.5 Å². The van der Waals surface area contributed by atoms with E-state index in [1.165, 1.54) is 6.07 Å². The number of benzene rings is 3. The summed E-state index contributed by atoms with van der Waals surface area (Å²) in [6, 6.07) is 17.8. The molecule has 0 aliphatic carbocycles. The third kappa shape index (κ3) is 17.4. The molecule has 2 N–H and O–H groups in total. The number of aliphatic hydroxyl groups is 2. The first-order valence-corrected chi connectivity index (χ1v) is 17.7. The predicted octanol–water partition coefficient (Wildman–Crippen LogP) is 4.96. The molecule has 296 valence electrons. The van der Waals surface area contributed by atoms with Crippen LogP contribution in [0.15, 0.2) is 92.0 Å². The second kappa shape index (κ2) is 24.7. The topological polar surface area (TPSA) is 183 Å². The molecule has 0 amide bonds. The minimum absolute atomic E-state index is 0.0462. The Morgan fingerprint density at radius 3 is 1.44 bits per heavy atom. The Kier molecular flexibility index (Phi) is 19.7. The maximum Gasteiger partial charge on any atom is 0.343 e. The normalized spacial score (nSPS) is 11.8. The smallest absolute Gasteiger partial charge is 0.343 e. The van der Waals surface area contributed by atoms with Gasteiger partial charge in [-0.15, -0.1) is 0 Å². The van der Waals surface area contributed by atoms with E-state index in [0.717, 1.165) is 12.2 Å². The molecule has 0 aliphatic rings. The Bertz CT molecular complexity index is 1670. The van der Waals surface area contributed by atoms with Gasteiger partial charge < -0.3 is 48.1 Å². The number of carbonyl (C=O) groups is 4. The van der Waals surface area contributed by atoms with Gasteiger partial charge in [0.2, 0.25) is 0 Å².